The van der Waals surface area contributed by atoms with E-state index in [1.807, 2.05) is 30.5 Å². The van der Waals surface area contributed by atoms with Crippen LogP contribution in [0.5, 0.6) is 0 Å². The van der Waals surface area contributed by atoms with Gasteiger partial charge in [0, 0.05) is 33.8 Å². The molecule has 0 bridgehead atoms. The number of hydrogen-bond acceptors (Lipinski definition) is 4. The van der Waals surface area contributed by atoms with Crippen LogP contribution in [-0.4, -0.2) is 22.3 Å². The van der Waals surface area contributed by atoms with E-state index in [-0.39, 0.29) is 5.69 Å². The number of aromatic amines is 1. The van der Waals surface area contributed by atoms with Gasteiger partial charge in [-0.2, -0.15) is 5.10 Å². The number of para-hydroxylation sites is 1. The zero-order valence-corrected chi connectivity index (χ0v) is 14.2. The number of fused-ring (bicyclic) bond motifs is 1. The van der Waals surface area contributed by atoms with Crippen molar-refractivity contribution >= 4 is 34.6 Å². The Morgan fingerprint density at radius 2 is 2.00 bits per heavy atom. The average Bonchev–Trinajstić information content (AvgIpc) is 3.30. The van der Waals surface area contributed by atoms with E-state index in [9.17, 15) is 4.79 Å². The van der Waals surface area contributed by atoms with Gasteiger partial charge >= 0.3 is 0 Å². The highest BCUT2D eigenvalue weighted by atomic mass is 35.5. The summed E-state index contributed by atoms with van der Waals surface area (Å²) in [4.78, 5) is 15.3. The summed E-state index contributed by atoms with van der Waals surface area (Å²) >= 11 is 5.82. The first kappa shape index (κ1) is 16.1. The Bertz CT molecular complexity index is 1100. The van der Waals surface area contributed by atoms with Gasteiger partial charge in [-0.15, -0.1) is 0 Å². The molecule has 2 heterocycles. The molecule has 0 saturated heterocycles. The predicted octanol–water partition coefficient (Wildman–Crippen LogP) is 4.24. The lowest BCUT2D eigenvalue weighted by Crippen LogP contribution is -2.17. The summed E-state index contributed by atoms with van der Waals surface area (Å²) in [7, 11) is 0. The lowest BCUT2D eigenvalue weighted by Gasteiger charge is -1.95. The predicted molar refractivity (Wildman–Crippen MR) is 100 cm³/mol. The largest absolute Gasteiger partial charge is 0.360 e. The summed E-state index contributed by atoms with van der Waals surface area (Å²) in [6.07, 6.45) is 3.35. The minimum absolute atomic E-state index is 0.151. The molecule has 2 aromatic heterocycles. The molecule has 0 unspecified atom stereocenters. The quantitative estimate of drug-likeness (QED) is 0.419. The van der Waals surface area contributed by atoms with E-state index >= 15 is 0 Å². The highest BCUT2D eigenvalue weighted by Crippen LogP contribution is 2.28. The Morgan fingerprint density at radius 3 is 2.85 bits per heavy atom. The first-order valence-corrected chi connectivity index (χ1v) is 8.21. The van der Waals surface area contributed by atoms with E-state index in [0.717, 1.165) is 22.0 Å². The molecule has 4 rings (SSSR count). The third kappa shape index (κ3) is 3.22. The monoisotopic (exact) mass is 364 g/mol. The van der Waals surface area contributed by atoms with Gasteiger partial charge in [0.2, 0.25) is 0 Å². The first-order valence-electron chi connectivity index (χ1n) is 7.83. The Balaban J connectivity index is 1.49. The van der Waals surface area contributed by atoms with Crippen molar-refractivity contribution in [2.75, 3.05) is 0 Å². The molecule has 0 atom stereocenters. The van der Waals surface area contributed by atoms with Crippen LogP contribution >= 0.6 is 11.6 Å². The van der Waals surface area contributed by atoms with Crippen molar-refractivity contribution in [3.05, 3.63) is 77.1 Å². The van der Waals surface area contributed by atoms with E-state index in [1.54, 1.807) is 30.3 Å². The Kier molecular flexibility index (Phi) is 4.25. The standard InChI is InChI=1S/C19H13ClN4O2/c20-13-7-5-12(6-8-13)10-22-23-19(25)17-9-18(26-24-17)15-11-21-16-4-2-1-3-14(15)16/h1-11,21H,(H,23,25)/b22-10+. The lowest BCUT2D eigenvalue weighted by molar-refractivity contribution is 0.0946. The molecule has 1 amide bonds. The van der Waals surface area contributed by atoms with Gasteiger partial charge in [-0.1, -0.05) is 47.1 Å². The summed E-state index contributed by atoms with van der Waals surface area (Å²) in [5, 5.41) is 9.37. The fourth-order valence-corrected chi connectivity index (χ4v) is 2.68. The van der Waals surface area contributed by atoms with Crippen molar-refractivity contribution in [2.24, 2.45) is 5.10 Å². The van der Waals surface area contributed by atoms with Gasteiger partial charge in [0.15, 0.2) is 11.5 Å². The molecule has 6 nitrogen and oxygen atoms in total. The second kappa shape index (κ2) is 6.85. The molecule has 7 heteroatoms. The van der Waals surface area contributed by atoms with Crippen LogP contribution in [0, 0.1) is 0 Å². The lowest BCUT2D eigenvalue weighted by atomic mass is 10.1. The maximum Gasteiger partial charge on any atom is 0.293 e. The third-order valence-electron chi connectivity index (χ3n) is 3.85. The number of aromatic nitrogens is 2. The fraction of sp³-hybridized carbons (Fsp3) is 0. The van der Waals surface area contributed by atoms with Crippen LogP contribution in [0.15, 0.2) is 70.4 Å². The number of carbonyl (C=O) groups excluding carboxylic acids is 1. The van der Waals surface area contributed by atoms with Crippen LogP contribution < -0.4 is 5.43 Å². The number of amides is 1. The Morgan fingerprint density at radius 1 is 1.19 bits per heavy atom. The molecule has 0 radical (unpaired) electrons. The van der Waals surface area contributed by atoms with E-state index in [0.29, 0.717) is 10.8 Å². The van der Waals surface area contributed by atoms with Gasteiger partial charge in [0.05, 0.1) is 6.21 Å². The van der Waals surface area contributed by atoms with E-state index in [4.69, 9.17) is 16.1 Å². The van der Waals surface area contributed by atoms with Crippen molar-refractivity contribution < 1.29 is 9.32 Å². The van der Waals surface area contributed by atoms with E-state index in [2.05, 4.69) is 20.7 Å². The molecule has 2 N–H and O–H groups in total. The average molecular weight is 365 g/mol. The normalized spacial score (nSPS) is 11.3. The van der Waals surface area contributed by atoms with Crippen molar-refractivity contribution in [2.45, 2.75) is 0 Å². The van der Waals surface area contributed by atoms with Crippen LogP contribution in [0.2, 0.25) is 5.02 Å². The number of nitrogens with one attached hydrogen (secondary N) is 2. The topological polar surface area (TPSA) is 83.3 Å². The number of carbonyl (C=O) groups is 1. The van der Waals surface area contributed by atoms with Crippen molar-refractivity contribution in [3.8, 4) is 11.3 Å². The van der Waals surface area contributed by atoms with Gasteiger partial charge in [-0.25, -0.2) is 5.43 Å². The second-order valence-electron chi connectivity index (χ2n) is 5.58. The van der Waals surface area contributed by atoms with Gasteiger partial charge in [-0.3, -0.25) is 4.79 Å². The van der Waals surface area contributed by atoms with Crippen molar-refractivity contribution in [1.82, 2.24) is 15.6 Å². The summed E-state index contributed by atoms with van der Waals surface area (Å²) in [6, 6.07) is 16.5. The summed E-state index contributed by atoms with van der Waals surface area (Å²) < 4.78 is 5.32. The summed E-state index contributed by atoms with van der Waals surface area (Å²) in [5.74, 6) is 0.0549. The van der Waals surface area contributed by atoms with Crippen LogP contribution in [0.25, 0.3) is 22.2 Å². The molecule has 0 fully saturated rings. The zero-order chi connectivity index (χ0) is 17.9. The molecule has 0 aliphatic heterocycles. The van der Waals surface area contributed by atoms with Crippen LogP contribution in [0.3, 0.4) is 0 Å². The molecule has 0 aliphatic rings. The van der Waals surface area contributed by atoms with E-state index in [1.165, 1.54) is 6.21 Å². The van der Waals surface area contributed by atoms with Gasteiger partial charge < -0.3 is 9.51 Å². The Labute approximate surface area is 153 Å². The number of H-pyrrole nitrogens is 1. The Hall–Kier alpha value is -3.38. The number of nitrogens with zero attached hydrogens (tertiary/aromatic N) is 2. The highest BCUT2D eigenvalue weighted by Gasteiger charge is 2.15. The number of halogens is 1. The first-order chi connectivity index (χ1) is 12.7. The smallest absolute Gasteiger partial charge is 0.293 e. The minimum atomic E-state index is -0.454. The maximum atomic E-state index is 12.2. The minimum Gasteiger partial charge on any atom is -0.360 e. The van der Waals surface area contributed by atoms with Crippen LogP contribution in [0.4, 0.5) is 0 Å². The van der Waals surface area contributed by atoms with Gasteiger partial charge in [0.25, 0.3) is 5.91 Å². The number of benzene rings is 2. The fourth-order valence-electron chi connectivity index (χ4n) is 2.56. The van der Waals surface area contributed by atoms with E-state index < -0.39 is 5.91 Å². The zero-order valence-electron chi connectivity index (χ0n) is 13.4. The number of hydrazone groups is 1. The van der Waals surface area contributed by atoms with Crippen LogP contribution in [-0.2, 0) is 0 Å². The summed E-state index contributed by atoms with van der Waals surface area (Å²) in [6.45, 7) is 0. The van der Waals surface area contributed by atoms with Crippen LogP contribution in [0.1, 0.15) is 16.1 Å². The number of hydrogen-bond donors (Lipinski definition) is 2. The molecule has 0 aliphatic carbocycles. The molecule has 2 aromatic carbocycles. The maximum absolute atomic E-state index is 12.2. The summed E-state index contributed by atoms with van der Waals surface area (Å²) in [5.41, 5.74) is 5.22. The highest BCUT2D eigenvalue weighted by molar-refractivity contribution is 6.30. The van der Waals surface area contributed by atoms with Gasteiger partial charge in [0.1, 0.15) is 0 Å². The molecular formula is C19H13ClN4O2. The second-order valence-corrected chi connectivity index (χ2v) is 6.01. The molecule has 128 valence electrons. The molecule has 0 spiro atoms. The van der Waals surface area contributed by atoms with Crippen molar-refractivity contribution in [1.29, 1.82) is 0 Å². The molecule has 0 saturated carbocycles. The SMILES string of the molecule is O=C(N/N=C/c1ccc(Cl)cc1)c1cc(-c2c[nH]c3ccccc23)on1. The van der Waals surface area contributed by atoms with Crippen molar-refractivity contribution in [3.63, 3.8) is 0 Å². The molecular weight excluding hydrogens is 352 g/mol. The molecule has 4 aromatic rings. The number of rotatable bonds is 4. The third-order valence-corrected chi connectivity index (χ3v) is 4.10. The molecule has 26 heavy (non-hydrogen) atoms. The van der Waals surface area contributed by atoms with Gasteiger partial charge in [-0.05, 0) is 23.8 Å².